The summed E-state index contributed by atoms with van der Waals surface area (Å²) in [5.41, 5.74) is 1.32. The quantitative estimate of drug-likeness (QED) is 0.286. The maximum Gasteiger partial charge on any atom is 0.343 e. The molecule has 0 saturated carbocycles. The van der Waals surface area contributed by atoms with Gasteiger partial charge in [-0.1, -0.05) is 35.9 Å². The van der Waals surface area contributed by atoms with Crippen molar-refractivity contribution in [1.82, 2.24) is 0 Å². The first-order chi connectivity index (χ1) is 16.4. The molecule has 0 aliphatic carbocycles. The molecule has 34 heavy (non-hydrogen) atoms. The van der Waals surface area contributed by atoms with E-state index in [1.807, 2.05) is 0 Å². The fourth-order valence-corrected chi connectivity index (χ4v) is 3.73. The Labute approximate surface area is 200 Å². The number of anilines is 1. The number of carbonyl (C=O) groups is 4. The van der Waals surface area contributed by atoms with E-state index in [0.29, 0.717) is 21.8 Å². The van der Waals surface area contributed by atoms with E-state index in [4.69, 9.17) is 21.1 Å². The minimum Gasteiger partial charge on any atom is -0.457 e. The van der Waals surface area contributed by atoms with Gasteiger partial charge in [0.1, 0.15) is 5.75 Å². The van der Waals surface area contributed by atoms with Gasteiger partial charge in [0.05, 0.1) is 11.5 Å². The molecule has 172 valence electrons. The first-order valence-electron chi connectivity index (χ1n) is 10.5. The molecule has 1 aliphatic rings. The minimum absolute atomic E-state index is 0.00101. The predicted molar refractivity (Wildman–Crippen MR) is 125 cm³/mol. The fourth-order valence-electron chi connectivity index (χ4n) is 3.55. The zero-order valence-electron chi connectivity index (χ0n) is 18.0. The van der Waals surface area contributed by atoms with Crippen LogP contribution in [-0.4, -0.2) is 36.8 Å². The molecule has 3 aromatic carbocycles. The second-order valence-corrected chi connectivity index (χ2v) is 8.13. The van der Waals surface area contributed by atoms with Crippen LogP contribution in [0.5, 0.6) is 5.75 Å². The maximum atomic E-state index is 12.4. The zero-order chi connectivity index (χ0) is 24.1. The van der Waals surface area contributed by atoms with E-state index in [-0.39, 0.29) is 24.6 Å². The van der Waals surface area contributed by atoms with E-state index in [9.17, 15) is 19.2 Å². The molecular formula is C26H20ClNO6. The molecule has 1 saturated heterocycles. The number of amides is 1. The van der Waals surface area contributed by atoms with Gasteiger partial charge in [-0.3, -0.25) is 14.4 Å². The molecule has 4 rings (SSSR count). The van der Waals surface area contributed by atoms with Gasteiger partial charge in [-0.15, -0.1) is 0 Å². The SMILES string of the molecule is O=C(COC(=O)[C@H]1CC(=O)N(c2cccc(Cl)c2)C1)c1ccc(OC(=O)c2ccccc2)cc1. The van der Waals surface area contributed by atoms with Gasteiger partial charge in [0.2, 0.25) is 5.91 Å². The van der Waals surface area contributed by atoms with Crippen LogP contribution in [0.15, 0.2) is 78.9 Å². The van der Waals surface area contributed by atoms with Crippen LogP contribution in [0.4, 0.5) is 5.69 Å². The molecule has 3 aromatic rings. The van der Waals surface area contributed by atoms with E-state index in [1.54, 1.807) is 54.6 Å². The molecule has 0 aromatic heterocycles. The number of carbonyl (C=O) groups excluding carboxylic acids is 4. The number of Topliss-reactive ketones (excluding diaryl/α,β-unsaturated/α-hetero) is 1. The van der Waals surface area contributed by atoms with E-state index in [1.165, 1.54) is 29.2 Å². The van der Waals surface area contributed by atoms with Crippen LogP contribution in [0.1, 0.15) is 27.1 Å². The number of halogens is 1. The third-order valence-electron chi connectivity index (χ3n) is 5.32. The van der Waals surface area contributed by atoms with Crippen LogP contribution in [0.25, 0.3) is 0 Å². The molecule has 0 unspecified atom stereocenters. The fraction of sp³-hybridized carbons (Fsp3) is 0.154. The summed E-state index contributed by atoms with van der Waals surface area (Å²) < 4.78 is 10.5. The molecule has 1 heterocycles. The lowest BCUT2D eigenvalue weighted by Crippen LogP contribution is -2.27. The second-order valence-electron chi connectivity index (χ2n) is 7.70. The Hall–Kier alpha value is -3.97. The summed E-state index contributed by atoms with van der Waals surface area (Å²) in [4.78, 5) is 50.8. The summed E-state index contributed by atoms with van der Waals surface area (Å²) in [6.07, 6.45) is 0.00101. The molecule has 1 atom stereocenters. The van der Waals surface area contributed by atoms with Crippen molar-refractivity contribution in [3.05, 3.63) is 95.0 Å². The van der Waals surface area contributed by atoms with Gasteiger partial charge in [-0.05, 0) is 54.6 Å². The molecule has 0 spiro atoms. The Bertz CT molecular complexity index is 1230. The van der Waals surface area contributed by atoms with Gasteiger partial charge in [0.25, 0.3) is 0 Å². The van der Waals surface area contributed by atoms with Crippen molar-refractivity contribution >= 4 is 40.9 Å². The van der Waals surface area contributed by atoms with Crippen LogP contribution in [0, 0.1) is 5.92 Å². The van der Waals surface area contributed by atoms with Crippen molar-refractivity contribution in [2.45, 2.75) is 6.42 Å². The third-order valence-corrected chi connectivity index (χ3v) is 5.56. The van der Waals surface area contributed by atoms with Gasteiger partial charge in [-0.2, -0.15) is 0 Å². The van der Waals surface area contributed by atoms with Crippen molar-refractivity contribution in [2.24, 2.45) is 5.92 Å². The third kappa shape index (κ3) is 5.50. The highest BCUT2D eigenvalue weighted by Gasteiger charge is 2.36. The average molecular weight is 478 g/mol. The molecule has 7 nitrogen and oxygen atoms in total. The number of benzene rings is 3. The lowest BCUT2D eigenvalue weighted by atomic mass is 10.1. The Balaban J connectivity index is 1.29. The molecular weight excluding hydrogens is 458 g/mol. The number of nitrogens with zero attached hydrogens (tertiary/aromatic N) is 1. The first kappa shape index (κ1) is 23.2. The molecule has 1 aliphatic heterocycles. The monoisotopic (exact) mass is 477 g/mol. The van der Waals surface area contributed by atoms with Gasteiger partial charge >= 0.3 is 11.9 Å². The summed E-state index contributed by atoms with van der Waals surface area (Å²) in [5, 5.41) is 0.489. The Morgan fingerprint density at radius 1 is 0.912 bits per heavy atom. The predicted octanol–water partition coefficient (Wildman–Crippen LogP) is 4.34. The Kier molecular flexibility index (Phi) is 7.04. The van der Waals surface area contributed by atoms with Crippen molar-refractivity contribution < 1.29 is 28.7 Å². The van der Waals surface area contributed by atoms with Crippen molar-refractivity contribution in [3.8, 4) is 5.75 Å². The average Bonchev–Trinajstić information content (AvgIpc) is 3.25. The van der Waals surface area contributed by atoms with E-state index in [2.05, 4.69) is 0 Å². The van der Waals surface area contributed by atoms with Crippen molar-refractivity contribution in [1.29, 1.82) is 0 Å². The number of hydrogen-bond acceptors (Lipinski definition) is 6. The summed E-state index contributed by atoms with van der Waals surface area (Å²) in [7, 11) is 0. The number of ketones is 1. The molecule has 0 radical (unpaired) electrons. The van der Waals surface area contributed by atoms with Crippen LogP contribution in [0.3, 0.4) is 0 Å². The number of ether oxygens (including phenoxy) is 2. The highest BCUT2D eigenvalue weighted by atomic mass is 35.5. The lowest BCUT2D eigenvalue weighted by molar-refractivity contribution is -0.147. The van der Waals surface area contributed by atoms with Crippen LogP contribution in [0.2, 0.25) is 5.02 Å². The number of hydrogen-bond donors (Lipinski definition) is 0. The van der Waals surface area contributed by atoms with Gasteiger partial charge in [0.15, 0.2) is 12.4 Å². The number of esters is 2. The van der Waals surface area contributed by atoms with E-state index in [0.717, 1.165) is 0 Å². The summed E-state index contributed by atoms with van der Waals surface area (Å²) >= 11 is 5.98. The molecule has 1 fully saturated rings. The molecule has 1 amide bonds. The Morgan fingerprint density at radius 2 is 1.65 bits per heavy atom. The van der Waals surface area contributed by atoms with Crippen LogP contribution < -0.4 is 9.64 Å². The topological polar surface area (TPSA) is 90.0 Å². The van der Waals surface area contributed by atoms with Gasteiger partial charge < -0.3 is 14.4 Å². The standard InChI is InChI=1S/C26H20ClNO6/c27-20-7-4-8-21(14-20)28-15-19(13-24(28)30)25(31)33-16-23(29)17-9-11-22(12-10-17)34-26(32)18-5-2-1-3-6-18/h1-12,14,19H,13,15-16H2/t19-/m0/s1. The van der Waals surface area contributed by atoms with Gasteiger partial charge in [-0.25, -0.2) is 4.79 Å². The summed E-state index contributed by atoms with van der Waals surface area (Å²) in [5.74, 6) is -2.13. The minimum atomic E-state index is -0.668. The van der Waals surface area contributed by atoms with Gasteiger partial charge in [0, 0.05) is 29.2 Å². The first-order valence-corrected chi connectivity index (χ1v) is 10.9. The maximum absolute atomic E-state index is 12.4. The lowest BCUT2D eigenvalue weighted by Gasteiger charge is -2.16. The Morgan fingerprint density at radius 3 is 2.35 bits per heavy atom. The number of rotatable bonds is 7. The van der Waals surface area contributed by atoms with Crippen LogP contribution in [-0.2, 0) is 14.3 Å². The van der Waals surface area contributed by atoms with Crippen molar-refractivity contribution in [2.75, 3.05) is 18.1 Å². The largest absolute Gasteiger partial charge is 0.457 e. The molecule has 0 N–H and O–H groups in total. The molecule has 8 heteroatoms. The second kappa shape index (κ2) is 10.3. The highest BCUT2D eigenvalue weighted by molar-refractivity contribution is 6.31. The summed E-state index contributed by atoms with van der Waals surface area (Å²) in [6.45, 7) is -0.294. The van der Waals surface area contributed by atoms with Crippen LogP contribution >= 0.6 is 11.6 Å². The summed E-state index contributed by atoms with van der Waals surface area (Å²) in [6, 6.07) is 21.3. The smallest absolute Gasteiger partial charge is 0.343 e. The van der Waals surface area contributed by atoms with Crippen molar-refractivity contribution in [3.63, 3.8) is 0 Å². The van der Waals surface area contributed by atoms with E-state index < -0.39 is 30.2 Å². The highest BCUT2D eigenvalue weighted by Crippen LogP contribution is 2.27. The normalized spacial score (nSPS) is 15.1. The van der Waals surface area contributed by atoms with E-state index >= 15 is 0 Å². The zero-order valence-corrected chi connectivity index (χ0v) is 18.7. The molecule has 0 bridgehead atoms.